The third kappa shape index (κ3) is 4.64. The van der Waals surface area contributed by atoms with Crippen LogP contribution in [0.4, 0.5) is 11.4 Å². The topological polar surface area (TPSA) is 67.4 Å². The van der Waals surface area contributed by atoms with Gasteiger partial charge >= 0.3 is 0 Å². The van der Waals surface area contributed by atoms with Gasteiger partial charge in [0, 0.05) is 17.9 Å². The van der Waals surface area contributed by atoms with E-state index in [1.165, 1.54) is 5.56 Å². The summed E-state index contributed by atoms with van der Waals surface area (Å²) in [6.07, 6.45) is 0. The maximum atomic E-state index is 12.8. The number of rotatable bonds is 7. The van der Waals surface area contributed by atoms with Gasteiger partial charge in [0.2, 0.25) is 0 Å². The molecule has 0 aliphatic carbocycles. The number of nitrogens with one attached hydrogen (secondary N) is 2. The Morgan fingerprint density at radius 3 is 2.14 bits per heavy atom. The minimum atomic E-state index is -3.69. The highest BCUT2D eigenvalue weighted by Gasteiger charge is 2.19. The van der Waals surface area contributed by atoms with Crippen LogP contribution in [-0.2, 0) is 16.6 Å². The van der Waals surface area contributed by atoms with E-state index in [2.05, 4.69) is 22.2 Å². The van der Waals surface area contributed by atoms with Crippen molar-refractivity contribution in [2.24, 2.45) is 0 Å². The molecule has 2 N–H and O–H groups in total. The molecule has 0 aliphatic heterocycles. The SMILES string of the molecule is COc1cc(C)c(S(=O)(=O)Nc2ccc(NCc3ccccc3)cc2)cc1C. The van der Waals surface area contributed by atoms with E-state index in [-0.39, 0.29) is 4.90 Å². The van der Waals surface area contributed by atoms with E-state index in [1.807, 2.05) is 37.3 Å². The Kier molecular flexibility index (Phi) is 5.90. The van der Waals surface area contributed by atoms with Crippen molar-refractivity contribution in [1.29, 1.82) is 0 Å². The first-order chi connectivity index (χ1) is 13.4. The van der Waals surface area contributed by atoms with Crippen LogP contribution in [0.2, 0.25) is 0 Å². The summed E-state index contributed by atoms with van der Waals surface area (Å²) in [4.78, 5) is 0.247. The van der Waals surface area contributed by atoms with Crippen molar-refractivity contribution in [2.75, 3.05) is 17.1 Å². The maximum Gasteiger partial charge on any atom is 0.262 e. The molecule has 0 saturated heterocycles. The lowest BCUT2D eigenvalue weighted by atomic mass is 10.1. The number of anilines is 2. The van der Waals surface area contributed by atoms with E-state index >= 15 is 0 Å². The second kappa shape index (κ2) is 8.35. The minimum absolute atomic E-state index is 0.247. The Bertz CT molecular complexity index is 1050. The molecular weight excluding hydrogens is 372 g/mol. The average Bonchev–Trinajstić information content (AvgIpc) is 2.69. The van der Waals surface area contributed by atoms with Crippen molar-refractivity contribution >= 4 is 21.4 Å². The van der Waals surface area contributed by atoms with E-state index in [9.17, 15) is 8.42 Å². The van der Waals surface area contributed by atoms with Gasteiger partial charge < -0.3 is 10.1 Å². The van der Waals surface area contributed by atoms with Crippen molar-refractivity contribution in [3.8, 4) is 5.75 Å². The van der Waals surface area contributed by atoms with Gasteiger partial charge in [-0.25, -0.2) is 8.42 Å². The minimum Gasteiger partial charge on any atom is -0.496 e. The molecule has 0 atom stereocenters. The Morgan fingerprint density at radius 2 is 1.50 bits per heavy atom. The molecular formula is C22H24N2O3S. The van der Waals surface area contributed by atoms with Gasteiger partial charge in [-0.1, -0.05) is 30.3 Å². The normalized spacial score (nSPS) is 11.1. The highest BCUT2D eigenvalue weighted by molar-refractivity contribution is 7.92. The largest absolute Gasteiger partial charge is 0.496 e. The van der Waals surface area contributed by atoms with E-state index in [0.29, 0.717) is 23.5 Å². The summed E-state index contributed by atoms with van der Waals surface area (Å²) in [5.74, 6) is 0.672. The predicted octanol–water partition coefficient (Wildman–Crippen LogP) is 4.72. The third-order valence-corrected chi connectivity index (χ3v) is 5.98. The Hall–Kier alpha value is -2.99. The predicted molar refractivity (Wildman–Crippen MR) is 113 cm³/mol. The fraction of sp³-hybridized carbons (Fsp3) is 0.182. The van der Waals surface area contributed by atoms with Crippen LogP contribution in [0.5, 0.6) is 5.75 Å². The van der Waals surface area contributed by atoms with Crippen molar-refractivity contribution in [3.63, 3.8) is 0 Å². The lowest BCUT2D eigenvalue weighted by molar-refractivity contribution is 0.411. The summed E-state index contributed by atoms with van der Waals surface area (Å²) >= 11 is 0. The molecule has 0 bridgehead atoms. The van der Waals surface area contributed by atoms with Crippen LogP contribution in [0.1, 0.15) is 16.7 Å². The van der Waals surface area contributed by atoms with Crippen LogP contribution in [0, 0.1) is 13.8 Å². The molecule has 5 nitrogen and oxygen atoms in total. The van der Waals surface area contributed by atoms with Crippen LogP contribution in [-0.4, -0.2) is 15.5 Å². The Balaban J connectivity index is 1.72. The summed E-state index contributed by atoms with van der Waals surface area (Å²) in [5.41, 5.74) is 4.02. The van der Waals surface area contributed by atoms with Gasteiger partial charge in [0.25, 0.3) is 10.0 Å². The lowest BCUT2D eigenvalue weighted by Crippen LogP contribution is -2.14. The summed E-state index contributed by atoms with van der Waals surface area (Å²) < 4.78 is 33.5. The first-order valence-corrected chi connectivity index (χ1v) is 10.4. The van der Waals surface area contributed by atoms with Gasteiger partial charge in [-0.2, -0.15) is 0 Å². The van der Waals surface area contributed by atoms with Gasteiger partial charge in [-0.05, 0) is 66.9 Å². The van der Waals surface area contributed by atoms with Gasteiger partial charge in [-0.3, -0.25) is 4.72 Å². The maximum absolute atomic E-state index is 12.8. The monoisotopic (exact) mass is 396 g/mol. The van der Waals surface area contributed by atoms with Crippen LogP contribution < -0.4 is 14.8 Å². The number of methoxy groups -OCH3 is 1. The van der Waals surface area contributed by atoms with Crippen LogP contribution >= 0.6 is 0 Å². The van der Waals surface area contributed by atoms with Crippen LogP contribution in [0.25, 0.3) is 0 Å². The molecule has 3 rings (SSSR count). The molecule has 6 heteroatoms. The fourth-order valence-electron chi connectivity index (χ4n) is 2.94. The third-order valence-electron chi connectivity index (χ3n) is 4.46. The molecule has 0 spiro atoms. The molecule has 0 amide bonds. The van der Waals surface area contributed by atoms with E-state index < -0.39 is 10.0 Å². The summed E-state index contributed by atoms with van der Waals surface area (Å²) in [7, 11) is -2.11. The first kappa shape index (κ1) is 19.8. The smallest absolute Gasteiger partial charge is 0.262 e. The second-order valence-electron chi connectivity index (χ2n) is 6.61. The summed E-state index contributed by atoms with van der Waals surface area (Å²) in [6.45, 7) is 4.29. The van der Waals surface area contributed by atoms with Crippen molar-refractivity contribution in [2.45, 2.75) is 25.3 Å². The molecule has 146 valence electrons. The molecule has 0 unspecified atom stereocenters. The van der Waals surface area contributed by atoms with E-state index in [4.69, 9.17) is 4.74 Å². The van der Waals surface area contributed by atoms with Gasteiger partial charge in [0.1, 0.15) is 5.75 Å². The quantitative estimate of drug-likeness (QED) is 0.606. The molecule has 3 aromatic rings. The number of benzene rings is 3. The highest BCUT2D eigenvalue weighted by Crippen LogP contribution is 2.27. The van der Waals surface area contributed by atoms with Gasteiger partial charge in [0.05, 0.1) is 12.0 Å². The number of ether oxygens (including phenoxy) is 1. The van der Waals surface area contributed by atoms with E-state index in [1.54, 1.807) is 38.3 Å². The molecule has 0 radical (unpaired) electrons. The zero-order valence-electron chi connectivity index (χ0n) is 16.2. The molecule has 0 heterocycles. The first-order valence-electron chi connectivity index (χ1n) is 8.95. The van der Waals surface area contributed by atoms with Crippen molar-refractivity contribution in [1.82, 2.24) is 0 Å². The van der Waals surface area contributed by atoms with E-state index in [0.717, 1.165) is 11.3 Å². The average molecular weight is 397 g/mol. The van der Waals surface area contributed by atoms with Crippen LogP contribution in [0.3, 0.4) is 0 Å². The molecule has 28 heavy (non-hydrogen) atoms. The number of sulfonamides is 1. The molecule has 0 aliphatic rings. The number of hydrogen-bond donors (Lipinski definition) is 2. The zero-order valence-corrected chi connectivity index (χ0v) is 17.0. The van der Waals surface area contributed by atoms with Crippen LogP contribution in [0.15, 0.2) is 71.6 Å². The fourth-order valence-corrected chi connectivity index (χ4v) is 4.31. The molecule has 3 aromatic carbocycles. The molecule has 0 aromatic heterocycles. The Morgan fingerprint density at radius 1 is 0.857 bits per heavy atom. The summed E-state index contributed by atoms with van der Waals surface area (Å²) in [6, 6.07) is 20.6. The zero-order chi connectivity index (χ0) is 20.1. The number of aryl methyl sites for hydroxylation is 2. The molecule has 0 saturated carbocycles. The van der Waals surface area contributed by atoms with Gasteiger partial charge in [0.15, 0.2) is 0 Å². The standard InChI is InChI=1S/C22H24N2O3S/c1-16-14-22(17(2)13-21(16)27-3)28(25,26)24-20-11-9-19(10-12-20)23-15-18-7-5-4-6-8-18/h4-14,23-24H,15H2,1-3H3. The highest BCUT2D eigenvalue weighted by atomic mass is 32.2. The Labute approximate surface area is 166 Å². The summed E-state index contributed by atoms with van der Waals surface area (Å²) in [5, 5.41) is 3.32. The van der Waals surface area contributed by atoms with Crippen molar-refractivity contribution < 1.29 is 13.2 Å². The van der Waals surface area contributed by atoms with Gasteiger partial charge in [-0.15, -0.1) is 0 Å². The number of hydrogen-bond acceptors (Lipinski definition) is 4. The lowest BCUT2D eigenvalue weighted by Gasteiger charge is -2.14. The molecule has 0 fully saturated rings. The second-order valence-corrected chi connectivity index (χ2v) is 8.26. The van der Waals surface area contributed by atoms with Crippen molar-refractivity contribution in [3.05, 3.63) is 83.4 Å².